The van der Waals surface area contributed by atoms with Crippen LogP contribution in [0.3, 0.4) is 0 Å². The Morgan fingerprint density at radius 1 is 1.10 bits per heavy atom. The molecule has 0 saturated carbocycles. The number of nitrogens with one attached hydrogen (secondary N) is 1. The van der Waals surface area contributed by atoms with E-state index < -0.39 is 10.0 Å². The van der Waals surface area contributed by atoms with Crippen molar-refractivity contribution >= 4 is 21.6 Å². The van der Waals surface area contributed by atoms with E-state index in [4.69, 9.17) is 9.15 Å². The fourth-order valence-corrected chi connectivity index (χ4v) is 4.43. The lowest BCUT2D eigenvalue weighted by atomic mass is 10.1. The molecule has 8 heteroatoms. The molecule has 1 aromatic heterocycles. The number of amides is 1. The summed E-state index contributed by atoms with van der Waals surface area (Å²) in [5.41, 5.74) is 2.59. The van der Waals surface area contributed by atoms with Gasteiger partial charge in [0, 0.05) is 19.2 Å². The zero-order chi connectivity index (χ0) is 22.4. The van der Waals surface area contributed by atoms with Crippen LogP contribution in [0.15, 0.2) is 70.2 Å². The van der Waals surface area contributed by atoms with E-state index in [1.807, 2.05) is 32.0 Å². The van der Waals surface area contributed by atoms with E-state index >= 15 is 0 Å². The molecule has 1 amide bonds. The summed E-state index contributed by atoms with van der Waals surface area (Å²) in [6.45, 7) is 5.73. The average molecular weight is 443 g/mol. The fourth-order valence-electron chi connectivity index (χ4n) is 3.04. The van der Waals surface area contributed by atoms with Gasteiger partial charge >= 0.3 is 0 Å². The highest BCUT2D eigenvalue weighted by Gasteiger charge is 2.25. The molecule has 0 fully saturated rings. The van der Waals surface area contributed by atoms with Crippen molar-refractivity contribution in [2.24, 2.45) is 0 Å². The number of anilines is 1. The highest BCUT2D eigenvalue weighted by molar-refractivity contribution is 7.89. The Bertz CT molecular complexity index is 1120. The number of nitrogens with zero attached hydrogens (tertiary/aromatic N) is 1. The molecule has 0 spiro atoms. The van der Waals surface area contributed by atoms with E-state index in [0.717, 1.165) is 16.9 Å². The molecule has 0 aliphatic carbocycles. The van der Waals surface area contributed by atoms with Crippen LogP contribution in [0, 0.1) is 13.8 Å². The van der Waals surface area contributed by atoms with Gasteiger partial charge in [-0.15, -0.1) is 0 Å². The smallest absolute Gasteiger partial charge is 0.243 e. The first kappa shape index (κ1) is 22.6. The van der Waals surface area contributed by atoms with Gasteiger partial charge in [-0.25, -0.2) is 8.42 Å². The van der Waals surface area contributed by atoms with Gasteiger partial charge in [-0.05, 0) is 67.4 Å². The van der Waals surface area contributed by atoms with Crippen molar-refractivity contribution in [3.05, 3.63) is 77.7 Å². The maximum atomic E-state index is 13.3. The van der Waals surface area contributed by atoms with Gasteiger partial charge in [0.25, 0.3) is 0 Å². The number of furan rings is 1. The molecule has 0 atom stereocenters. The summed E-state index contributed by atoms with van der Waals surface area (Å²) in [6.07, 6.45) is 1.51. The summed E-state index contributed by atoms with van der Waals surface area (Å²) in [4.78, 5) is 11.3. The van der Waals surface area contributed by atoms with Gasteiger partial charge in [0.15, 0.2) is 0 Å². The number of rotatable bonds is 9. The molecule has 164 valence electrons. The minimum absolute atomic E-state index is 0.0823. The molecule has 0 unspecified atom stereocenters. The maximum absolute atomic E-state index is 13.3. The second-order valence-electron chi connectivity index (χ2n) is 7.24. The zero-order valence-corrected chi connectivity index (χ0v) is 18.6. The Morgan fingerprint density at radius 3 is 2.48 bits per heavy atom. The Balaban J connectivity index is 1.78. The first-order chi connectivity index (χ1) is 14.8. The minimum Gasteiger partial charge on any atom is -0.492 e. The quantitative estimate of drug-likeness (QED) is 0.538. The molecule has 2 aromatic carbocycles. The molecule has 3 aromatic rings. The second-order valence-corrected chi connectivity index (χ2v) is 9.18. The molecule has 3 rings (SSSR count). The summed E-state index contributed by atoms with van der Waals surface area (Å²) in [5.74, 6) is 1.04. The molecule has 0 radical (unpaired) electrons. The molecule has 1 heterocycles. The van der Waals surface area contributed by atoms with Crippen LogP contribution >= 0.6 is 0 Å². The zero-order valence-electron chi connectivity index (χ0n) is 17.8. The van der Waals surface area contributed by atoms with E-state index in [1.54, 1.807) is 24.3 Å². The van der Waals surface area contributed by atoms with Crippen LogP contribution in [-0.2, 0) is 21.4 Å². The number of hydrogen-bond acceptors (Lipinski definition) is 5. The summed E-state index contributed by atoms with van der Waals surface area (Å²) in [6, 6.07) is 15.4. The normalized spacial score (nSPS) is 11.5. The van der Waals surface area contributed by atoms with Crippen LogP contribution in [0.2, 0.25) is 0 Å². The average Bonchev–Trinajstić information content (AvgIpc) is 3.23. The number of carbonyl (C=O) groups excluding carboxylic acids is 1. The largest absolute Gasteiger partial charge is 0.492 e. The van der Waals surface area contributed by atoms with Gasteiger partial charge < -0.3 is 14.5 Å². The maximum Gasteiger partial charge on any atom is 0.243 e. The van der Waals surface area contributed by atoms with Gasteiger partial charge in [0.05, 0.1) is 17.7 Å². The Morgan fingerprint density at radius 2 is 1.84 bits per heavy atom. The lowest BCUT2D eigenvalue weighted by Gasteiger charge is -2.22. The third kappa shape index (κ3) is 5.96. The third-order valence-electron chi connectivity index (χ3n) is 4.67. The van der Waals surface area contributed by atoms with Crippen molar-refractivity contribution < 1.29 is 22.4 Å². The standard InChI is InChI=1S/C23H26N2O5S/c1-17-6-7-18(2)23(15-17)30-14-12-25(16-21-5-4-13-29-21)31(27,28)22-10-8-20(9-11-22)24-19(3)26/h4-11,13,15H,12,14,16H2,1-3H3,(H,24,26). The van der Waals surface area contributed by atoms with Gasteiger partial charge in [-0.2, -0.15) is 4.31 Å². The topological polar surface area (TPSA) is 88.9 Å². The SMILES string of the molecule is CC(=O)Nc1ccc(S(=O)(=O)N(CCOc2cc(C)ccc2C)Cc2ccco2)cc1. The van der Waals surface area contributed by atoms with Gasteiger partial charge in [-0.3, -0.25) is 4.79 Å². The predicted octanol–water partition coefficient (Wildman–Crippen LogP) is 4.12. The number of ether oxygens (including phenoxy) is 1. The number of carbonyl (C=O) groups is 1. The first-order valence-corrected chi connectivity index (χ1v) is 11.3. The molecule has 31 heavy (non-hydrogen) atoms. The fraction of sp³-hybridized carbons (Fsp3) is 0.261. The van der Waals surface area contributed by atoms with Crippen molar-refractivity contribution in [3.63, 3.8) is 0 Å². The molecule has 0 aliphatic heterocycles. The van der Waals surface area contributed by atoms with Gasteiger partial charge in [0.2, 0.25) is 15.9 Å². The molecular formula is C23H26N2O5S. The summed E-state index contributed by atoms with van der Waals surface area (Å²) in [5, 5.41) is 2.63. The van der Waals surface area contributed by atoms with Gasteiger partial charge in [-0.1, -0.05) is 12.1 Å². The van der Waals surface area contributed by atoms with Crippen molar-refractivity contribution in [1.82, 2.24) is 4.31 Å². The lowest BCUT2D eigenvalue weighted by molar-refractivity contribution is -0.114. The van der Waals surface area contributed by atoms with E-state index in [0.29, 0.717) is 11.4 Å². The predicted molar refractivity (Wildman–Crippen MR) is 118 cm³/mol. The summed E-state index contributed by atoms with van der Waals surface area (Å²) >= 11 is 0. The Hall–Kier alpha value is -3.10. The van der Waals surface area contributed by atoms with Crippen LogP contribution in [0.25, 0.3) is 0 Å². The van der Waals surface area contributed by atoms with Crippen LogP contribution in [0.4, 0.5) is 5.69 Å². The number of aryl methyl sites for hydroxylation is 2. The first-order valence-electron chi connectivity index (χ1n) is 9.86. The molecule has 7 nitrogen and oxygen atoms in total. The lowest BCUT2D eigenvalue weighted by Crippen LogP contribution is -2.34. The van der Waals surface area contributed by atoms with Crippen LogP contribution in [0.1, 0.15) is 23.8 Å². The molecule has 0 aliphatic rings. The van der Waals surface area contributed by atoms with Crippen molar-refractivity contribution in [2.45, 2.75) is 32.2 Å². The van der Waals surface area contributed by atoms with Crippen LogP contribution < -0.4 is 10.1 Å². The monoisotopic (exact) mass is 442 g/mol. The highest BCUT2D eigenvalue weighted by Crippen LogP contribution is 2.22. The number of benzene rings is 2. The molecular weight excluding hydrogens is 416 g/mol. The van der Waals surface area contributed by atoms with E-state index in [2.05, 4.69) is 5.32 Å². The third-order valence-corrected chi connectivity index (χ3v) is 6.53. The van der Waals surface area contributed by atoms with Crippen molar-refractivity contribution in [1.29, 1.82) is 0 Å². The van der Waals surface area contributed by atoms with Crippen LogP contribution in [0.5, 0.6) is 5.75 Å². The Kier molecular flexibility index (Phi) is 7.14. The molecule has 1 N–H and O–H groups in total. The molecule has 0 saturated heterocycles. The van der Waals surface area contributed by atoms with E-state index in [-0.39, 0.29) is 30.5 Å². The highest BCUT2D eigenvalue weighted by atomic mass is 32.2. The summed E-state index contributed by atoms with van der Waals surface area (Å²) < 4.78 is 39.2. The van der Waals surface area contributed by atoms with E-state index in [9.17, 15) is 13.2 Å². The second kappa shape index (κ2) is 9.80. The van der Waals surface area contributed by atoms with Gasteiger partial charge in [0.1, 0.15) is 18.1 Å². The van der Waals surface area contributed by atoms with Crippen LogP contribution in [-0.4, -0.2) is 31.8 Å². The van der Waals surface area contributed by atoms with E-state index in [1.165, 1.54) is 29.6 Å². The Labute approximate surface area is 182 Å². The molecule has 0 bridgehead atoms. The number of sulfonamides is 1. The van der Waals surface area contributed by atoms with Crippen molar-refractivity contribution in [2.75, 3.05) is 18.5 Å². The summed E-state index contributed by atoms with van der Waals surface area (Å²) in [7, 11) is -3.81. The minimum atomic E-state index is -3.81. The van der Waals surface area contributed by atoms with Crippen molar-refractivity contribution in [3.8, 4) is 5.75 Å². The number of hydrogen-bond donors (Lipinski definition) is 1.